The van der Waals surface area contributed by atoms with E-state index in [2.05, 4.69) is 0 Å². The van der Waals surface area contributed by atoms with Crippen LogP contribution in [0.5, 0.6) is 0 Å². The summed E-state index contributed by atoms with van der Waals surface area (Å²) in [5.41, 5.74) is 3.28. The van der Waals surface area contributed by atoms with Crippen molar-refractivity contribution in [2.75, 3.05) is 7.05 Å². The smallest absolute Gasteiger partial charge is 0.254 e. The van der Waals surface area contributed by atoms with Gasteiger partial charge in [0.05, 0.1) is 6.04 Å². The first kappa shape index (κ1) is 16.0. The highest BCUT2D eigenvalue weighted by Gasteiger charge is 2.24. The highest BCUT2D eigenvalue weighted by atomic mass is 16.2. The normalized spacial score (nSPS) is 11.8. The highest BCUT2D eigenvalue weighted by Crippen LogP contribution is 2.14. The highest BCUT2D eigenvalue weighted by molar-refractivity contribution is 6.04. The van der Waals surface area contributed by atoms with Crippen LogP contribution in [0.15, 0.2) is 48.5 Å². The van der Waals surface area contributed by atoms with Gasteiger partial charge in [0.1, 0.15) is 0 Å². The number of ketones is 1. The predicted octanol–water partition coefficient (Wildman–Crippen LogP) is 3.65. The SMILES string of the molecule is Cc1ccc(C(=O)C(C)N(C)C(=O)c2ccccc2C)cc1. The molecule has 0 aliphatic heterocycles. The maximum atomic E-state index is 12.6. The summed E-state index contributed by atoms with van der Waals surface area (Å²) in [6, 6.07) is 14.3. The summed E-state index contributed by atoms with van der Waals surface area (Å²) in [4.78, 5) is 26.6. The molecule has 2 aromatic carbocycles. The lowest BCUT2D eigenvalue weighted by molar-refractivity contribution is 0.0674. The summed E-state index contributed by atoms with van der Waals surface area (Å²) in [5, 5.41) is 0. The monoisotopic (exact) mass is 295 g/mol. The third-order valence-electron chi connectivity index (χ3n) is 3.99. The van der Waals surface area contributed by atoms with Gasteiger partial charge in [-0.25, -0.2) is 0 Å². The average molecular weight is 295 g/mol. The zero-order chi connectivity index (χ0) is 16.3. The van der Waals surface area contributed by atoms with E-state index in [0.29, 0.717) is 11.1 Å². The topological polar surface area (TPSA) is 37.4 Å². The van der Waals surface area contributed by atoms with Crippen LogP contribution in [-0.2, 0) is 0 Å². The minimum atomic E-state index is -0.505. The first-order chi connectivity index (χ1) is 10.4. The molecule has 0 aliphatic rings. The molecule has 0 spiro atoms. The van der Waals surface area contributed by atoms with Crippen LogP contribution >= 0.6 is 0 Å². The van der Waals surface area contributed by atoms with E-state index in [0.717, 1.165) is 11.1 Å². The van der Waals surface area contributed by atoms with Crippen molar-refractivity contribution in [3.63, 3.8) is 0 Å². The van der Waals surface area contributed by atoms with Crippen LogP contribution < -0.4 is 0 Å². The van der Waals surface area contributed by atoms with Crippen LogP contribution in [0, 0.1) is 13.8 Å². The number of rotatable bonds is 4. The molecule has 3 nitrogen and oxygen atoms in total. The minimum Gasteiger partial charge on any atom is -0.332 e. The molecule has 1 amide bonds. The number of aryl methyl sites for hydroxylation is 2. The molecule has 0 aliphatic carbocycles. The van der Waals surface area contributed by atoms with Gasteiger partial charge in [-0.15, -0.1) is 0 Å². The molecule has 0 aromatic heterocycles. The van der Waals surface area contributed by atoms with E-state index in [4.69, 9.17) is 0 Å². The lowest BCUT2D eigenvalue weighted by Crippen LogP contribution is -2.40. The third-order valence-corrected chi connectivity index (χ3v) is 3.99. The van der Waals surface area contributed by atoms with Crippen molar-refractivity contribution in [3.8, 4) is 0 Å². The number of Topliss-reactive ketones (excluding diaryl/α,β-unsaturated/α-hetero) is 1. The van der Waals surface area contributed by atoms with Crippen molar-refractivity contribution in [3.05, 3.63) is 70.8 Å². The maximum Gasteiger partial charge on any atom is 0.254 e. The van der Waals surface area contributed by atoms with Crippen LogP contribution in [0.25, 0.3) is 0 Å². The molecule has 22 heavy (non-hydrogen) atoms. The van der Waals surface area contributed by atoms with Gasteiger partial charge in [0.25, 0.3) is 5.91 Å². The van der Waals surface area contributed by atoms with Crippen molar-refractivity contribution in [2.24, 2.45) is 0 Å². The van der Waals surface area contributed by atoms with Gasteiger partial charge < -0.3 is 4.90 Å². The molecule has 0 saturated carbocycles. The standard InChI is InChI=1S/C19H21NO2/c1-13-9-11-16(12-10-13)18(21)15(3)20(4)19(22)17-8-6-5-7-14(17)2/h5-12,15H,1-4H3. The van der Waals surface area contributed by atoms with E-state index < -0.39 is 6.04 Å². The molecule has 3 heteroatoms. The molecule has 0 fully saturated rings. The van der Waals surface area contributed by atoms with Gasteiger partial charge >= 0.3 is 0 Å². The fourth-order valence-corrected chi connectivity index (χ4v) is 2.31. The first-order valence-corrected chi connectivity index (χ1v) is 7.35. The molecular formula is C19H21NO2. The Balaban J connectivity index is 2.19. The molecule has 0 N–H and O–H groups in total. The number of hydrogen-bond acceptors (Lipinski definition) is 2. The number of hydrogen-bond donors (Lipinski definition) is 0. The van der Waals surface area contributed by atoms with Crippen LogP contribution in [0.1, 0.15) is 38.8 Å². The van der Waals surface area contributed by atoms with Crippen LogP contribution in [0.3, 0.4) is 0 Å². The van der Waals surface area contributed by atoms with E-state index in [1.165, 1.54) is 4.90 Å². The fourth-order valence-electron chi connectivity index (χ4n) is 2.31. The predicted molar refractivity (Wildman–Crippen MR) is 88.2 cm³/mol. The van der Waals surface area contributed by atoms with Crippen molar-refractivity contribution >= 4 is 11.7 Å². The van der Waals surface area contributed by atoms with Crippen molar-refractivity contribution < 1.29 is 9.59 Å². The number of carbonyl (C=O) groups is 2. The molecule has 1 atom stereocenters. The summed E-state index contributed by atoms with van der Waals surface area (Å²) >= 11 is 0. The number of benzene rings is 2. The minimum absolute atomic E-state index is 0.0514. The Morgan fingerprint density at radius 1 is 0.955 bits per heavy atom. The van der Waals surface area contributed by atoms with E-state index >= 15 is 0 Å². The van der Waals surface area contributed by atoms with Crippen molar-refractivity contribution in [1.82, 2.24) is 4.90 Å². The van der Waals surface area contributed by atoms with E-state index in [1.54, 1.807) is 32.2 Å². The molecule has 2 rings (SSSR count). The van der Waals surface area contributed by atoms with Crippen LogP contribution in [0.2, 0.25) is 0 Å². The molecule has 1 unspecified atom stereocenters. The van der Waals surface area contributed by atoms with Gasteiger partial charge in [-0.2, -0.15) is 0 Å². The summed E-state index contributed by atoms with van der Waals surface area (Å²) in [5.74, 6) is -0.185. The molecule has 0 radical (unpaired) electrons. The Labute approximate surface area is 131 Å². The summed E-state index contributed by atoms with van der Waals surface area (Å²) < 4.78 is 0. The zero-order valence-electron chi connectivity index (χ0n) is 13.5. The second kappa shape index (κ2) is 6.56. The van der Waals surface area contributed by atoms with Gasteiger partial charge in [0, 0.05) is 18.2 Å². The van der Waals surface area contributed by atoms with Gasteiger partial charge in [-0.05, 0) is 32.4 Å². The third kappa shape index (κ3) is 3.25. The molecule has 2 aromatic rings. The Morgan fingerprint density at radius 3 is 2.14 bits per heavy atom. The second-order valence-electron chi connectivity index (χ2n) is 5.64. The largest absolute Gasteiger partial charge is 0.332 e. The summed E-state index contributed by atoms with van der Waals surface area (Å²) in [6.07, 6.45) is 0. The average Bonchev–Trinajstić information content (AvgIpc) is 2.53. The summed E-state index contributed by atoms with van der Waals surface area (Å²) in [7, 11) is 1.67. The second-order valence-corrected chi connectivity index (χ2v) is 5.64. The fraction of sp³-hybridized carbons (Fsp3) is 0.263. The molecular weight excluding hydrogens is 274 g/mol. The molecule has 0 saturated heterocycles. The number of nitrogens with zero attached hydrogens (tertiary/aromatic N) is 1. The Hall–Kier alpha value is -2.42. The Bertz CT molecular complexity index is 689. The quantitative estimate of drug-likeness (QED) is 0.807. The number of amides is 1. The van der Waals surface area contributed by atoms with E-state index in [1.807, 2.05) is 44.2 Å². The zero-order valence-corrected chi connectivity index (χ0v) is 13.5. The maximum absolute atomic E-state index is 12.6. The van der Waals surface area contributed by atoms with E-state index in [9.17, 15) is 9.59 Å². The van der Waals surface area contributed by atoms with E-state index in [-0.39, 0.29) is 11.7 Å². The Kier molecular flexibility index (Phi) is 4.76. The molecule has 0 heterocycles. The number of likely N-dealkylation sites (N-methyl/N-ethyl adjacent to an activating group) is 1. The van der Waals surface area contributed by atoms with Gasteiger partial charge in [0.15, 0.2) is 5.78 Å². The molecule has 114 valence electrons. The Morgan fingerprint density at radius 2 is 1.55 bits per heavy atom. The lowest BCUT2D eigenvalue weighted by Gasteiger charge is -2.24. The van der Waals surface area contributed by atoms with Crippen LogP contribution in [-0.4, -0.2) is 29.7 Å². The lowest BCUT2D eigenvalue weighted by atomic mass is 10.0. The van der Waals surface area contributed by atoms with Crippen molar-refractivity contribution in [1.29, 1.82) is 0 Å². The van der Waals surface area contributed by atoms with Gasteiger partial charge in [0.2, 0.25) is 0 Å². The molecule has 0 bridgehead atoms. The van der Waals surface area contributed by atoms with Gasteiger partial charge in [-0.1, -0.05) is 48.0 Å². The van der Waals surface area contributed by atoms with Gasteiger partial charge in [-0.3, -0.25) is 9.59 Å². The number of carbonyl (C=O) groups excluding carboxylic acids is 2. The van der Waals surface area contributed by atoms with Crippen molar-refractivity contribution in [2.45, 2.75) is 26.8 Å². The summed E-state index contributed by atoms with van der Waals surface area (Å²) in [6.45, 7) is 5.64. The van der Waals surface area contributed by atoms with Crippen LogP contribution in [0.4, 0.5) is 0 Å². The first-order valence-electron chi connectivity index (χ1n) is 7.35.